The van der Waals surface area contributed by atoms with E-state index in [-0.39, 0.29) is 23.5 Å². The average Bonchev–Trinajstić information content (AvgIpc) is 2.52. The minimum Gasteiger partial charge on any atom is -0.332 e. The lowest BCUT2D eigenvalue weighted by Gasteiger charge is -2.56. The summed E-state index contributed by atoms with van der Waals surface area (Å²) in [5.41, 5.74) is -0.0454. The van der Waals surface area contributed by atoms with Crippen molar-refractivity contribution in [2.45, 2.75) is 57.0 Å². The van der Waals surface area contributed by atoms with Gasteiger partial charge in [0, 0.05) is 31.7 Å². The van der Waals surface area contributed by atoms with Crippen molar-refractivity contribution in [2.75, 3.05) is 33.2 Å². The number of carbonyl (C=O) groups excluding carboxylic acids is 2. The molecule has 1 saturated heterocycles. The van der Waals surface area contributed by atoms with Crippen LogP contribution in [0.3, 0.4) is 0 Å². The summed E-state index contributed by atoms with van der Waals surface area (Å²) in [4.78, 5) is 29.4. The summed E-state index contributed by atoms with van der Waals surface area (Å²) in [5, 5.41) is 5.84. The molecule has 5 fully saturated rings. The highest BCUT2D eigenvalue weighted by molar-refractivity contribution is 5.97. The van der Waals surface area contributed by atoms with Gasteiger partial charge in [0.05, 0.1) is 6.04 Å². The monoisotopic (exact) mass is 348 g/mol. The van der Waals surface area contributed by atoms with Crippen LogP contribution in [0.5, 0.6) is 0 Å². The van der Waals surface area contributed by atoms with Crippen LogP contribution in [-0.4, -0.2) is 66.5 Å². The summed E-state index contributed by atoms with van der Waals surface area (Å²) >= 11 is 0. The van der Waals surface area contributed by atoms with Crippen LogP contribution in [0.2, 0.25) is 0 Å². The Bertz CT molecular complexity index is 506. The second-order valence-corrected chi connectivity index (χ2v) is 9.16. The van der Waals surface area contributed by atoms with E-state index in [4.69, 9.17) is 0 Å². The molecule has 25 heavy (non-hydrogen) atoms. The molecule has 1 heterocycles. The number of carbonyl (C=O) groups is 2. The number of amides is 3. The molecule has 1 atom stereocenters. The van der Waals surface area contributed by atoms with Crippen molar-refractivity contribution in [3.05, 3.63) is 0 Å². The molecule has 5 aliphatic rings. The van der Waals surface area contributed by atoms with Gasteiger partial charge in [-0.1, -0.05) is 0 Å². The van der Waals surface area contributed by atoms with E-state index >= 15 is 0 Å². The van der Waals surface area contributed by atoms with Gasteiger partial charge in [-0.15, -0.1) is 0 Å². The van der Waals surface area contributed by atoms with E-state index in [1.807, 2.05) is 6.92 Å². The quantitative estimate of drug-likeness (QED) is 0.810. The number of piperazine rings is 1. The Morgan fingerprint density at radius 1 is 0.960 bits per heavy atom. The van der Waals surface area contributed by atoms with Crippen LogP contribution in [0.15, 0.2) is 0 Å². The third kappa shape index (κ3) is 3.56. The third-order valence-electron chi connectivity index (χ3n) is 7.12. The Kier molecular flexibility index (Phi) is 4.52. The lowest BCUT2D eigenvalue weighted by Crippen LogP contribution is -2.63. The molecule has 0 aromatic heterocycles. The number of urea groups is 1. The van der Waals surface area contributed by atoms with Gasteiger partial charge in [-0.05, 0) is 70.3 Å². The van der Waals surface area contributed by atoms with Crippen molar-refractivity contribution in [1.82, 2.24) is 20.4 Å². The zero-order chi connectivity index (χ0) is 17.6. The van der Waals surface area contributed by atoms with Crippen LogP contribution in [0.1, 0.15) is 45.4 Å². The molecule has 0 aromatic carbocycles. The topological polar surface area (TPSA) is 64.7 Å². The number of rotatable bonds is 3. The number of nitrogens with zero attached hydrogens (tertiary/aromatic N) is 2. The van der Waals surface area contributed by atoms with Crippen molar-refractivity contribution in [3.8, 4) is 0 Å². The van der Waals surface area contributed by atoms with Gasteiger partial charge in [-0.2, -0.15) is 0 Å². The smallest absolute Gasteiger partial charge is 0.321 e. The van der Waals surface area contributed by atoms with E-state index in [0.717, 1.165) is 63.2 Å². The zero-order valence-electron chi connectivity index (χ0n) is 15.6. The van der Waals surface area contributed by atoms with E-state index < -0.39 is 0 Å². The molecule has 4 bridgehead atoms. The first-order chi connectivity index (χ1) is 11.9. The Labute approximate surface area is 150 Å². The summed E-state index contributed by atoms with van der Waals surface area (Å²) in [6.07, 6.45) is 7.36. The first kappa shape index (κ1) is 17.3. The van der Waals surface area contributed by atoms with Crippen LogP contribution < -0.4 is 10.6 Å². The molecule has 6 heteroatoms. The molecular formula is C19H32N4O2. The van der Waals surface area contributed by atoms with Crippen LogP contribution in [0.25, 0.3) is 0 Å². The van der Waals surface area contributed by atoms with E-state index in [2.05, 4.69) is 27.5 Å². The molecular weight excluding hydrogens is 316 g/mol. The Balaban J connectivity index is 1.31. The standard InChI is InChI=1S/C19H32N4O2/c1-13(23-5-3-22(2)4-6-23)17(24)20-18(25)21-19-10-14-7-15(11-19)9-16(8-14)12-19/h13-16H,3-12H2,1-2H3,(H2,20,21,24,25)/t13-,14?,15?,16?,19?/m0/s1. The molecule has 0 unspecified atom stereocenters. The van der Waals surface area contributed by atoms with Crippen LogP contribution >= 0.6 is 0 Å². The summed E-state index contributed by atoms with van der Waals surface area (Å²) in [6.45, 7) is 5.59. The molecule has 0 aromatic rings. The fourth-order valence-corrected chi connectivity index (χ4v) is 6.13. The number of imide groups is 1. The van der Waals surface area contributed by atoms with Gasteiger partial charge in [-0.25, -0.2) is 4.79 Å². The van der Waals surface area contributed by atoms with E-state index in [1.54, 1.807) is 0 Å². The second kappa shape index (κ2) is 6.54. The molecule has 6 nitrogen and oxygen atoms in total. The minimum absolute atomic E-state index is 0.0454. The van der Waals surface area contributed by atoms with Gasteiger partial charge in [0.15, 0.2) is 0 Å². The largest absolute Gasteiger partial charge is 0.332 e. The maximum Gasteiger partial charge on any atom is 0.321 e. The van der Waals surface area contributed by atoms with Crippen LogP contribution in [0.4, 0.5) is 4.79 Å². The van der Waals surface area contributed by atoms with Crippen LogP contribution in [-0.2, 0) is 4.79 Å². The molecule has 3 amide bonds. The highest BCUT2D eigenvalue weighted by Crippen LogP contribution is 2.55. The first-order valence-electron chi connectivity index (χ1n) is 9.98. The highest BCUT2D eigenvalue weighted by atomic mass is 16.2. The molecule has 1 aliphatic heterocycles. The fraction of sp³-hybridized carbons (Fsp3) is 0.895. The molecule has 4 saturated carbocycles. The summed E-state index contributed by atoms with van der Waals surface area (Å²) in [6, 6.07) is -0.538. The molecule has 2 N–H and O–H groups in total. The lowest BCUT2D eigenvalue weighted by molar-refractivity contribution is -0.125. The third-order valence-corrected chi connectivity index (χ3v) is 7.12. The Morgan fingerprint density at radius 3 is 2.00 bits per heavy atom. The summed E-state index contributed by atoms with van der Waals surface area (Å²) < 4.78 is 0. The Hall–Kier alpha value is -1.14. The highest BCUT2D eigenvalue weighted by Gasteiger charge is 2.51. The van der Waals surface area contributed by atoms with Crippen molar-refractivity contribution in [1.29, 1.82) is 0 Å². The van der Waals surface area contributed by atoms with Gasteiger partial charge < -0.3 is 10.2 Å². The van der Waals surface area contributed by atoms with E-state index in [1.165, 1.54) is 19.3 Å². The molecule has 5 rings (SSSR count). The first-order valence-corrected chi connectivity index (χ1v) is 9.98. The second-order valence-electron chi connectivity index (χ2n) is 9.16. The van der Waals surface area contributed by atoms with Gasteiger partial charge in [0.25, 0.3) is 0 Å². The number of likely N-dealkylation sites (N-methyl/N-ethyl adjacent to an activating group) is 1. The average molecular weight is 348 g/mol. The van der Waals surface area contributed by atoms with Gasteiger partial charge in [0.2, 0.25) is 5.91 Å². The molecule has 140 valence electrons. The number of hydrogen-bond acceptors (Lipinski definition) is 4. The van der Waals surface area contributed by atoms with Crippen molar-refractivity contribution in [3.63, 3.8) is 0 Å². The molecule has 0 radical (unpaired) electrons. The maximum atomic E-state index is 12.5. The maximum absolute atomic E-state index is 12.5. The predicted molar refractivity (Wildman–Crippen MR) is 96.1 cm³/mol. The SMILES string of the molecule is C[C@@H](C(=O)NC(=O)NC12CC3CC(CC(C3)C1)C2)N1CCN(C)CC1. The van der Waals surface area contributed by atoms with Crippen molar-refractivity contribution < 1.29 is 9.59 Å². The van der Waals surface area contributed by atoms with Gasteiger partial charge in [0.1, 0.15) is 0 Å². The lowest BCUT2D eigenvalue weighted by atomic mass is 9.53. The van der Waals surface area contributed by atoms with Crippen molar-refractivity contribution in [2.24, 2.45) is 17.8 Å². The van der Waals surface area contributed by atoms with E-state index in [0.29, 0.717) is 0 Å². The Morgan fingerprint density at radius 2 is 1.48 bits per heavy atom. The van der Waals surface area contributed by atoms with Crippen molar-refractivity contribution >= 4 is 11.9 Å². The predicted octanol–water partition coefficient (Wildman–Crippen LogP) is 1.42. The zero-order valence-corrected chi connectivity index (χ0v) is 15.6. The summed E-state index contributed by atoms with van der Waals surface area (Å²) in [7, 11) is 2.10. The number of hydrogen-bond donors (Lipinski definition) is 2. The van der Waals surface area contributed by atoms with Crippen LogP contribution in [0, 0.1) is 17.8 Å². The van der Waals surface area contributed by atoms with Gasteiger partial charge >= 0.3 is 6.03 Å². The fourth-order valence-electron chi connectivity index (χ4n) is 6.13. The summed E-state index contributed by atoms with van der Waals surface area (Å²) in [5.74, 6) is 2.18. The van der Waals surface area contributed by atoms with Gasteiger partial charge in [-0.3, -0.25) is 15.0 Å². The van der Waals surface area contributed by atoms with E-state index in [9.17, 15) is 9.59 Å². The number of nitrogens with one attached hydrogen (secondary N) is 2. The molecule has 0 spiro atoms. The minimum atomic E-state index is -0.284. The molecule has 4 aliphatic carbocycles. The normalized spacial score (nSPS) is 39.2.